The highest BCUT2D eigenvalue weighted by Gasteiger charge is 2.18. The van der Waals surface area contributed by atoms with Gasteiger partial charge in [-0.2, -0.15) is 4.98 Å². The zero-order valence-corrected chi connectivity index (χ0v) is 14.2. The molecule has 0 bridgehead atoms. The lowest BCUT2D eigenvalue weighted by molar-refractivity contribution is 0.701. The Bertz CT molecular complexity index is 1030. The van der Waals surface area contributed by atoms with Crippen molar-refractivity contribution in [3.8, 4) is 0 Å². The molecule has 0 aliphatic heterocycles. The fourth-order valence-electron chi connectivity index (χ4n) is 2.66. The number of hydrogen-bond donors (Lipinski definition) is 0. The van der Waals surface area contributed by atoms with E-state index in [0.717, 1.165) is 10.1 Å². The number of halogens is 1. The molecule has 6 nitrogen and oxygen atoms in total. The highest BCUT2D eigenvalue weighted by atomic mass is 35.5. The minimum atomic E-state index is -0.449. The van der Waals surface area contributed by atoms with Crippen molar-refractivity contribution in [2.75, 3.05) is 0 Å². The van der Waals surface area contributed by atoms with E-state index in [4.69, 9.17) is 11.6 Å². The number of aromatic nitrogens is 4. The lowest BCUT2D eigenvalue weighted by atomic mass is 10.1. The summed E-state index contributed by atoms with van der Waals surface area (Å²) in [6.45, 7) is 2.29. The van der Waals surface area contributed by atoms with Gasteiger partial charge in [0.05, 0.1) is 0 Å². The Balaban J connectivity index is 2.17. The standard InChI is InChI=1S/C17H17ClN4O2/c1-3-10-22-14-13(15(23)20(2)17(22)24)21(16(18)19-14)11-9-12-7-5-4-6-8-12/h3-8,10H,9,11H2,1-2H3. The number of imidazole rings is 1. The number of aryl methyl sites for hydroxylation is 2. The molecular formula is C17H17ClN4O2. The fourth-order valence-corrected chi connectivity index (χ4v) is 2.91. The van der Waals surface area contributed by atoms with Gasteiger partial charge in [0.15, 0.2) is 11.2 Å². The minimum Gasteiger partial charge on any atom is -0.308 e. The van der Waals surface area contributed by atoms with Crippen LogP contribution in [0, 0.1) is 0 Å². The van der Waals surface area contributed by atoms with Crippen molar-refractivity contribution in [3.63, 3.8) is 0 Å². The molecule has 0 saturated heterocycles. The second kappa shape index (κ2) is 6.49. The van der Waals surface area contributed by atoms with Crippen molar-refractivity contribution in [1.82, 2.24) is 18.7 Å². The molecule has 0 unspecified atom stereocenters. The normalized spacial score (nSPS) is 11.6. The SMILES string of the molecule is CC=Cn1c(=O)n(C)c(=O)c2c1nc(Cl)n2CCc1ccccc1. The fraction of sp³-hybridized carbons (Fsp3) is 0.235. The van der Waals surface area contributed by atoms with Gasteiger partial charge < -0.3 is 4.57 Å². The lowest BCUT2D eigenvalue weighted by Crippen LogP contribution is -2.37. The Morgan fingerprint density at radius 2 is 1.92 bits per heavy atom. The maximum absolute atomic E-state index is 12.6. The number of allylic oxidation sites excluding steroid dienone is 1. The van der Waals surface area contributed by atoms with Crippen LogP contribution in [0.4, 0.5) is 0 Å². The summed E-state index contributed by atoms with van der Waals surface area (Å²) < 4.78 is 4.06. The summed E-state index contributed by atoms with van der Waals surface area (Å²) in [6, 6.07) is 9.91. The van der Waals surface area contributed by atoms with Gasteiger partial charge in [0.2, 0.25) is 5.28 Å². The molecule has 7 heteroatoms. The summed E-state index contributed by atoms with van der Waals surface area (Å²) in [6.07, 6.45) is 4.00. The maximum atomic E-state index is 12.6. The van der Waals surface area contributed by atoms with Crippen LogP contribution in [0.2, 0.25) is 5.28 Å². The van der Waals surface area contributed by atoms with Crippen molar-refractivity contribution in [2.24, 2.45) is 7.05 Å². The van der Waals surface area contributed by atoms with E-state index in [1.54, 1.807) is 23.8 Å². The largest absolute Gasteiger partial charge is 0.336 e. The molecule has 0 spiro atoms. The highest BCUT2D eigenvalue weighted by Crippen LogP contribution is 2.17. The molecule has 0 amide bonds. The molecule has 0 aliphatic carbocycles. The molecule has 0 aliphatic rings. The quantitative estimate of drug-likeness (QED) is 0.682. The van der Waals surface area contributed by atoms with Crippen molar-refractivity contribution >= 4 is 29.0 Å². The van der Waals surface area contributed by atoms with Crippen LogP contribution in [0.15, 0.2) is 46.0 Å². The predicted octanol–water partition coefficient (Wildman–Crippen LogP) is 2.28. The van der Waals surface area contributed by atoms with Gasteiger partial charge >= 0.3 is 5.69 Å². The van der Waals surface area contributed by atoms with E-state index in [9.17, 15) is 9.59 Å². The van der Waals surface area contributed by atoms with E-state index in [0.29, 0.717) is 18.5 Å². The van der Waals surface area contributed by atoms with Gasteiger partial charge in [0.25, 0.3) is 5.56 Å². The van der Waals surface area contributed by atoms with Crippen LogP contribution in [-0.4, -0.2) is 18.7 Å². The van der Waals surface area contributed by atoms with E-state index in [2.05, 4.69) is 4.98 Å². The Morgan fingerprint density at radius 3 is 2.58 bits per heavy atom. The third kappa shape index (κ3) is 2.69. The van der Waals surface area contributed by atoms with Crippen LogP contribution in [-0.2, 0) is 20.0 Å². The smallest absolute Gasteiger partial charge is 0.308 e. The molecule has 3 aromatic rings. The maximum Gasteiger partial charge on any atom is 0.336 e. The number of hydrogen-bond acceptors (Lipinski definition) is 3. The van der Waals surface area contributed by atoms with E-state index >= 15 is 0 Å². The zero-order chi connectivity index (χ0) is 17.3. The second-order valence-corrected chi connectivity index (χ2v) is 5.78. The third-order valence-electron chi connectivity index (χ3n) is 3.90. The van der Waals surface area contributed by atoms with Crippen molar-refractivity contribution in [3.05, 3.63) is 68.1 Å². The Labute approximate surface area is 143 Å². The summed E-state index contributed by atoms with van der Waals surface area (Å²) in [5.74, 6) is 0. The first-order chi connectivity index (χ1) is 11.5. The predicted molar refractivity (Wildman–Crippen MR) is 95.4 cm³/mol. The van der Waals surface area contributed by atoms with E-state index in [1.807, 2.05) is 30.3 Å². The first kappa shape index (κ1) is 16.3. The molecule has 2 heterocycles. The molecule has 0 radical (unpaired) electrons. The molecule has 3 rings (SSSR count). The monoisotopic (exact) mass is 344 g/mol. The number of benzene rings is 1. The summed E-state index contributed by atoms with van der Waals surface area (Å²) >= 11 is 6.25. The van der Waals surface area contributed by atoms with E-state index in [-0.39, 0.29) is 10.9 Å². The summed E-state index contributed by atoms with van der Waals surface area (Å²) in [5, 5.41) is 0.196. The molecule has 24 heavy (non-hydrogen) atoms. The topological polar surface area (TPSA) is 61.8 Å². The summed E-state index contributed by atoms with van der Waals surface area (Å²) in [5.41, 5.74) is 0.891. The Kier molecular flexibility index (Phi) is 4.40. The molecular weight excluding hydrogens is 328 g/mol. The van der Waals surface area contributed by atoms with E-state index in [1.165, 1.54) is 11.6 Å². The first-order valence-electron chi connectivity index (χ1n) is 7.58. The van der Waals surface area contributed by atoms with Crippen LogP contribution in [0.3, 0.4) is 0 Å². The first-order valence-corrected chi connectivity index (χ1v) is 7.96. The number of nitrogens with zero attached hydrogens (tertiary/aromatic N) is 4. The summed E-state index contributed by atoms with van der Waals surface area (Å²) in [4.78, 5) is 29.1. The number of fused-ring (bicyclic) bond motifs is 1. The van der Waals surface area contributed by atoms with E-state index < -0.39 is 11.2 Å². The van der Waals surface area contributed by atoms with Crippen molar-refractivity contribution < 1.29 is 0 Å². The lowest BCUT2D eigenvalue weighted by Gasteiger charge is -2.08. The highest BCUT2D eigenvalue weighted by molar-refractivity contribution is 6.29. The van der Waals surface area contributed by atoms with Gasteiger partial charge in [-0.1, -0.05) is 36.4 Å². The van der Waals surface area contributed by atoms with Gasteiger partial charge in [-0.15, -0.1) is 0 Å². The van der Waals surface area contributed by atoms with Crippen molar-refractivity contribution in [2.45, 2.75) is 19.9 Å². The van der Waals surface area contributed by atoms with Gasteiger partial charge in [-0.25, -0.2) is 4.79 Å². The van der Waals surface area contributed by atoms with Gasteiger partial charge in [-0.05, 0) is 30.5 Å². The van der Waals surface area contributed by atoms with Crippen LogP contribution < -0.4 is 11.2 Å². The Hall–Kier alpha value is -2.60. The third-order valence-corrected chi connectivity index (χ3v) is 4.18. The Morgan fingerprint density at radius 1 is 1.21 bits per heavy atom. The van der Waals surface area contributed by atoms with Crippen LogP contribution in [0.1, 0.15) is 12.5 Å². The van der Waals surface area contributed by atoms with Crippen LogP contribution in [0.25, 0.3) is 17.4 Å². The van der Waals surface area contributed by atoms with Crippen LogP contribution in [0.5, 0.6) is 0 Å². The van der Waals surface area contributed by atoms with Gasteiger partial charge in [0, 0.05) is 19.8 Å². The molecule has 0 fully saturated rings. The molecule has 0 N–H and O–H groups in total. The molecule has 0 atom stereocenters. The minimum absolute atomic E-state index is 0.196. The zero-order valence-electron chi connectivity index (χ0n) is 13.4. The molecule has 124 valence electrons. The van der Waals surface area contributed by atoms with Gasteiger partial charge in [0.1, 0.15) is 0 Å². The second-order valence-electron chi connectivity index (χ2n) is 5.44. The summed E-state index contributed by atoms with van der Waals surface area (Å²) in [7, 11) is 1.45. The molecule has 1 aromatic carbocycles. The average molecular weight is 345 g/mol. The van der Waals surface area contributed by atoms with Gasteiger partial charge in [-0.3, -0.25) is 13.9 Å². The molecule has 2 aromatic heterocycles. The van der Waals surface area contributed by atoms with Crippen molar-refractivity contribution in [1.29, 1.82) is 0 Å². The van der Waals surface area contributed by atoms with Crippen LogP contribution >= 0.6 is 11.6 Å². The molecule has 0 saturated carbocycles. The average Bonchev–Trinajstić information content (AvgIpc) is 2.92. The number of rotatable bonds is 4.